The Labute approximate surface area is 209 Å². The summed E-state index contributed by atoms with van der Waals surface area (Å²) in [4.78, 5) is 30.3. The van der Waals surface area contributed by atoms with E-state index >= 15 is 0 Å². The van der Waals surface area contributed by atoms with Crippen molar-refractivity contribution in [3.8, 4) is 10.6 Å². The first-order chi connectivity index (χ1) is 16.8. The smallest absolute Gasteiger partial charge is 0.273 e. The first-order valence-electron chi connectivity index (χ1n) is 11.7. The van der Waals surface area contributed by atoms with Crippen molar-refractivity contribution in [3.05, 3.63) is 100 Å². The van der Waals surface area contributed by atoms with E-state index < -0.39 is 5.54 Å². The molecule has 0 aliphatic carbocycles. The average Bonchev–Trinajstić information content (AvgIpc) is 3.51. The van der Waals surface area contributed by atoms with Gasteiger partial charge in [0.05, 0.1) is 11.4 Å². The predicted octanol–water partition coefficient (Wildman–Crippen LogP) is 4.96. The minimum Gasteiger partial charge on any atom is -0.350 e. The zero-order valence-electron chi connectivity index (χ0n) is 20.1. The molecular formula is C28H28N4O2S. The van der Waals surface area contributed by atoms with Crippen molar-refractivity contribution in [1.29, 1.82) is 0 Å². The molecule has 3 heterocycles. The van der Waals surface area contributed by atoms with Gasteiger partial charge in [-0.05, 0) is 55.0 Å². The molecule has 0 fully saturated rings. The fourth-order valence-corrected chi connectivity index (χ4v) is 5.27. The molecule has 5 rings (SSSR count). The van der Waals surface area contributed by atoms with Gasteiger partial charge in [0.1, 0.15) is 16.9 Å². The summed E-state index contributed by atoms with van der Waals surface area (Å²) in [7, 11) is 0. The molecule has 2 aromatic heterocycles. The molecule has 178 valence electrons. The molecule has 7 heteroatoms. The summed E-state index contributed by atoms with van der Waals surface area (Å²) >= 11 is 1.58. The maximum absolute atomic E-state index is 13.8. The van der Waals surface area contributed by atoms with Crippen LogP contribution in [0.3, 0.4) is 0 Å². The van der Waals surface area contributed by atoms with Crippen LogP contribution in [0.25, 0.3) is 10.6 Å². The number of carbonyl (C=O) groups excluding carboxylic acids is 2. The Morgan fingerprint density at radius 1 is 1.09 bits per heavy atom. The topological polar surface area (TPSA) is 67.2 Å². The summed E-state index contributed by atoms with van der Waals surface area (Å²) in [6.07, 6.45) is 0. The highest BCUT2D eigenvalue weighted by molar-refractivity contribution is 7.13. The van der Waals surface area contributed by atoms with E-state index in [2.05, 4.69) is 11.4 Å². The molecule has 2 aromatic carbocycles. The Kier molecular flexibility index (Phi) is 6.03. The van der Waals surface area contributed by atoms with Gasteiger partial charge in [0.25, 0.3) is 5.91 Å². The van der Waals surface area contributed by atoms with Crippen LogP contribution in [-0.2, 0) is 24.4 Å². The molecular weight excluding hydrogens is 456 g/mol. The number of hydrogen-bond donors (Lipinski definition) is 1. The highest BCUT2D eigenvalue weighted by Crippen LogP contribution is 2.33. The lowest BCUT2D eigenvalue weighted by Gasteiger charge is -2.43. The molecule has 1 aliphatic rings. The molecule has 6 nitrogen and oxygen atoms in total. The van der Waals surface area contributed by atoms with Gasteiger partial charge in [-0.2, -0.15) is 5.10 Å². The predicted molar refractivity (Wildman–Crippen MR) is 138 cm³/mol. The Hall–Kier alpha value is -3.71. The van der Waals surface area contributed by atoms with Gasteiger partial charge in [-0.15, -0.1) is 11.3 Å². The molecule has 4 aromatic rings. The summed E-state index contributed by atoms with van der Waals surface area (Å²) in [6.45, 7) is 6.92. The molecule has 1 unspecified atom stereocenters. The number of thiophene rings is 1. The number of fused-ring (bicyclic) bond motifs is 1. The van der Waals surface area contributed by atoms with Crippen LogP contribution in [0.5, 0.6) is 0 Å². The lowest BCUT2D eigenvalue weighted by atomic mass is 9.93. The number of amides is 2. The van der Waals surface area contributed by atoms with Gasteiger partial charge < -0.3 is 10.2 Å². The largest absolute Gasteiger partial charge is 0.350 e. The first-order valence-corrected chi connectivity index (χ1v) is 12.6. The van der Waals surface area contributed by atoms with E-state index in [1.165, 1.54) is 0 Å². The number of nitrogens with one attached hydrogen (secondary N) is 1. The van der Waals surface area contributed by atoms with Gasteiger partial charge in [-0.25, -0.2) is 0 Å². The molecule has 1 N–H and O–H groups in total. The Bertz CT molecular complexity index is 1390. The lowest BCUT2D eigenvalue weighted by molar-refractivity contribution is -0.133. The highest BCUT2D eigenvalue weighted by Gasteiger charge is 2.48. The Balaban J connectivity index is 1.50. The number of benzene rings is 2. The molecule has 0 spiro atoms. The summed E-state index contributed by atoms with van der Waals surface area (Å²) in [6, 6.07) is 21.8. The van der Waals surface area contributed by atoms with Crippen LogP contribution in [0.1, 0.15) is 39.7 Å². The van der Waals surface area contributed by atoms with E-state index in [-0.39, 0.29) is 18.4 Å². The van der Waals surface area contributed by atoms with Crippen molar-refractivity contribution in [1.82, 2.24) is 20.0 Å². The molecule has 0 saturated heterocycles. The van der Waals surface area contributed by atoms with E-state index in [4.69, 9.17) is 5.10 Å². The number of nitrogens with zero attached hydrogens (tertiary/aromatic N) is 3. The van der Waals surface area contributed by atoms with E-state index in [9.17, 15) is 9.59 Å². The second kappa shape index (κ2) is 9.15. The van der Waals surface area contributed by atoms with E-state index in [0.717, 1.165) is 32.8 Å². The summed E-state index contributed by atoms with van der Waals surface area (Å²) in [5, 5.41) is 9.78. The summed E-state index contributed by atoms with van der Waals surface area (Å²) in [5.74, 6) is -0.386. The fourth-order valence-electron chi connectivity index (χ4n) is 4.59. The van der Waals surface area contributed by atoms with E-state index in [1.807, 2.05) is 86.8 Å². The third kappa shape index (κ3) is 4.39. The van der Waals surface area contributed by atoms with Crippen molar-refractivity contribution < 1.29 is 9.59 Å². The second-order valence-electron chi connectivity index (χ2n) is 9.31. The number of hydrogen-bond acceptors (Lipinski definition) is 4. The molecule has 2 amide bonds. The SMILES string of the molecule is Cc1cccc(CNC(=O)C2(C)Cn3nc(-c4cccs4)cc3C(=O)N2Cc2ccccc2C)c1. The van der Waals surface area contributed by atoms with Crippen molar-refractivity contribution >= 4 is 23.2 Å². The molecule has 0 bridgehead atoms. The third-order valence-electron chi connectivity index (χ3n) is 6.69. The van der Waals surface area contributed by atoms with E-state index in [0.29, 0.717) is 18.8 Å². The fraction of sp³-hybridized carbons (Fsp3) is 0.250. The van der Waals surface area contributed by atoms with Crippen LogP contribution < -0.4 is 5.32 Å². The maximum atomic E-state index is 13.8. The monoisotopic (exact) mass is 484 g/mol. The quantitative estimate of drug-likeness (QED) is 0.421. The van der Waals surface area contributed by atoms with Gasteiger partial charge in [0.15, 0.2) is 0 Å². The van der Waals surface area contributed by atoms with Crippen molar-refractivity contribution in [2.75, 3.05) is 0 Å². The number of aromatic nitrogens is 2. The van der Waals surface area contributed by atoms with Crippen LogP contribution in [0.2, 0.25) is 0 Å². The van der Waals surface area contributed by atoms with Gasteiger partial charge >= 0.3 is 0 Å². The van der Waals surface area contributed by atoms with Gasteiger partial charge in [0.2, 0.25) is 5.91 Å². The third-order valence-corrected chi connectivity index (χ3v) is 7.58. The summed E-state index contributed by atoms with van der Waals surface area (Å²) in [5.41, 5.74) is 4.42. The van der Waals surface area contributed by atoms with Crippen molar-refractivity contribution in [3.63, 3.8) is 0 Å². The van der Waals surface area contributed by atoms with Crippen molar-refractivity contribution in [2.24, 2.45) is 0 Å². The number of aryl methyl sites for hydroxylation is 2. The molecule has 0 saturated carbocycles. The lowest BCUT2D eigenvalue weighted by Crippen LogP contribution is -2.63. The number of carbonyl (C=O) groups is 2. The molecule has 0 radical (unpaired) electrons. The van der Waals surface area contributed by atoms with Crippen LogP contribution in [0, 0.1) is 13.8 Å². The van der Waals surface area contributed by atoms with Crippen molar-refractivity contribution in [2.45, 2.75) is 45.9 Å². The van der Waals surface area contributed by atoms with Gasteiger partial charge in [0, 0.05) is 13.1 Å². The molecule has 1 atom stereocenters. The van der Waals surface area contributed by atoms with E-state index in [1.54, 1.807) is 20.9 Å². The zero-order chi connectivity index (χ0) is 24.6. The first kappa shape index (κ1) is 23.1. The zero-order valence-corrected chi connectivity index (χ0v) is 20.9. The highest BCUT2D eigenvalue weighted by atomic mass is 32.1. The minimum atomic E-state index is -1.10. The standard InChI is InChI=1S/C28H28N4O2S/c1-19-8-6-10-21(14-19)16-29-27(34)28(3)18-32-24(15-23(30-32)25-12-7-13-35-25)26(33)31(28)17-22-11-5-4-9-20(22)2/h4-15H,16-18H2,1-3H3,(H,29,34). The van der Waals surface area contributed by atoms with Gasteiger partial charge in [-0.1, -0.05) is 60.2 Å². The molecule has 1 aliphatic heterocycles. The second-order valence-corrected chi connectivity index (χ2v) is 10.3. The number of rotatable bonds is 6. The van der Waals surface area contributed by atoms with Crippen LogP contribution in [0.15, 0.2) is 72.1 Å². The molecule has 35 heavy (non-hydrogen) atoms. The minimum absolute atomic E-state index is 0.192. The summed E-state index contributed by atoms with van der Waals surface area (Å²) < 4.78 is 1.69. The average molecular weight is 485 g/mol. The Morgan fingerprint density at radius 3 is 2.66 bits per heavy atom. The maximum Gasteiger partial charge on any atom is 0.273 e. The Morgan fingerprint density at radius 2 is 1.91 bits per heavy atom. The van der Waals surface area contributed by atoms with Crippen LogP contribution in [0.4, 0.5) is 0 Å². The van der Waals surface area contributed by atoms with Crippen LogP contribution in [-0.4, -0.2) is 32.0 Å². The van der Waals surface area contributed by atoms with Crippen LogP contribution >= 0.6 is 11.3 Å². The normalized spacial score (nSPS) is 17.3. The van der Waals surface area contributed by atoms with Gasteiger partial charge in [-0.3, -0.25) is 14.3 Å².